The maximum atomic E-state index is 14.3. The fourth-order valence-corrected chi connectivity index (χ4v) is 7.30. The molecule has 3 aromatic heterocycles. The Morgan fingerprint density at radius 2 is 1.81 bits per heavy atom. The second kappa shape index (κ2) is 10.3. The highest BCUT2D eigenvalue weighted by atomic mass is 32.1. The molecule has 8 heteroatoms. The van der Waals surface area contributed by atoms with Gasteiger partial charge in [0.05, 0.1) is 42.4 Å². The highest BCUT2D eigenvalue weighted by Crippen LogP contribution is 2.42. The number of methoxy groups -OCH3 is 2. The van der Waals surface area contributed by atoms with Crippen LogP contribution in [0, 0.1) is 13.8 Å². The molecule has 7 rings (SSSR count). The number of rotatable bonds is 5. The summed E-state index contributed by atoms with van der Waals surface area (Å²) in [7, 11) is 3.27. The van der Waals surface area contributed by atoms with Gasteiger partial charge >= 0.3 is 0 Å². The van der Waals surface area contributed by atoms with Crippen LogP contribution < -0.4 is 24.4 Å². The zero-order valence-electron chi connectivity index (χ0n) is 23.9. The van der Waals surface area contributed by atoms with E-state index in [1.54, 1.807) is 20.4 Å². The first-order valence-corrected chi connectivity index (χ1v) is 14.7. The van der Waals surface area contributed by atoms with E-state index in [1.807, 2.05) is 47.2 Å². The van der Waals surface area contributed by atoms with Crippen molar-refractivity contribution < 1.29 is 9.47 Å². The molecule has 1 aliphatic heterocycles. The highest BCUT2D eigenvalue weighted by Gasteiger charge is 2.33. The summed E-state index contributed by atoms with van der Waals surface area (Å²) in [6.07, 6.45) is 7.35. The van der Waals surface area contributed by atoms with Gasteiger partial charge in [-0.2, -0.15) is 0 Å². The number of pyridine rings is 1. The lowest BCUT2D eigenvalue weighted by atomic mass is 9.83. The number of benzene rings is 2. The molecule has 5 aromatic rings. The molecule has 0 saturated heterocycles. The molecular weight excluding hydrogens is 544 g/mol. The molecule has 0 spiro atoms. The SMILES string of the molecule is COc1ccc([C@H]2C3=C(N=c4s/c(=C\c5cc(C)n(-c6cccnc6)c5C)c(=O)n42)c2ccccc2CC3)cc1OC. The molecule has 7 nitrogen and oxygen atoms in total. The number of hydrogen-bond donors (Lipinski definition) is 0. The molecule has 2 aromatic carbocycles. The van der Waals surface area contributed by atoms with Crippen LogP contribution in [0.3, 0.4) is 0 Å². The molecule has 1 aliphatic carbocycles. The first kappa shape index (κ1) is 26.2. The fourth-order valence-electron chi connectivity index (χ4n) is 6.30. The molecule has 0 bridgehead atoms. The number of allylic oxidation sites excluding steroid dienone is 1. The lowest BCUT2D eigenvalue weighted by Crippen LogP contribution is -2.38. The lowest BCUT2D eigenvalue weighted by molar-refractivity contribution is 0.354. The third kappa shape index (κ3) is 4.13. The number of nitrogens with zero attached hydrogens (tertiary/aromatic N) is 4. The van der Waals surface area contributed by atoms with E-state index >= 15 is 0 Å². The van der Waals surface area contributed by atoms with Crippen molar-refractivity contribution in [2.24, 2.45) is 4.99 Å². The molecule has 0 radical (unpaired) electrons. The Bertz CT molecular complexity index is 2070. The average Bonchev–Trinajstić information content (AvgIpc) is 3.49. The van der Waals surface area contributed by atoms with Crippen molar-refractivity contribution in [3.8, 4) is 17.2 Å². The van der Waals surface area contributed by atoms with Crippen LogP contribution in [0.1, 0.15) is 46.1 Å². The van der Waals surface area contributed by atoms with E-state index in [-0.39, 0.29) is 11.6 Å². The maximum Gasteiger partial charge on any atom is 0.271 e. The van der Waals surface area contributed by atoms with E-state index in [0.717, 1.165) is 57.9 Å². The summed E-state index contributed by atoms with van der Waals surface area (Å²) in [6, 6.07) is 20.2. The molecule has 0 saturated carbocycles. The number of hydrogen-bond acceptors (Lipinski definition) is 6. The van der Waals surface area contributed by atoms with Crippen LogP contribution in [0.2, 0.25) is 0 Å². The Hall–Kier alpha value is -4.69. The minimum atomic E-state index is -0.297. The third-order valence-electron chi connectivity index (χ3n) is 8.26. The Morgan fingerprint density at radius 1 is 0.976 bits per heavy atom. The van der Waals surface area contributed by atoms with E-state index in [0.29, 0.717) is 20.8 Å². The van der Waals surface area contributed by atoms with Crippen LogP contribution in [-0.2, 0) is 6.42 Å². The van der Waals surface area contributed by atoms with Crippen LogP contribution in [0.4, 0.5) is 0 Å². The number of aromatic nitrogens is 3. The van der Waals surface area contributed by atoms with Gasteiger partial charge in [0.15, 0.2) is 16.3 Å². The summed E-state index contributed by atoms with van der Waals surface area (Å²) in [5.41, 5.74) is 9.59. The molecule has 210 valence electrons. The van der Waals surface area contributed by atoms with Crippen molar-refractivity contribution in [3.63, 3.8) is 0 Å². The van der Waals surface area contributed by atoms with Crippen LogP contribution >= 0.6 is 11.3 Å². The van der Waals surface area contributed by atoms with E-state index < -0.39 is 0 Å². The van der Waals surface area contributed by atoms with Crippen LogP contribution in [-0.4, -0.2) is 28.3 Å². The first-order valence-electron chi connectivity index (χ1n) is 13.9. The van der Waals surface area contributed by atoms with Gasteiger partial charge in [-0.15, -0.1) is 0 Å². The second-order valence-corrected chi connectivity index (χ2v) is 11.6. The average molecular weight is 575 g/mol. The van der Waals surface area contributed by atoms with E-state index in [2.05, 4.69) is 53.7 Å². The zero-order chi connectivity index (χ0) is 29.0. The zero-order valence-corrected chi connectivity index (χ0v) is 24.7. The predicted molar refractivity (Wildman–Crippen MR) is 165 cm³/mol. The minimum Gasteiger partial charge on any atom is -0.493 e. The van der Waals surface area contributed by atoms with Crippen LogP contribution in [0.15, 0.2) is 88.4 Å². The largest absolute Gasteiger partial charge is 0.493 e. The first-order chi connectivity index (χ1) is 20.5. The van der Waals surface area contributed by atoms with Crippen molar-refractivity contribution in [2.45, 2.75) is 32.7 Å². The van der Waals surface area contributed by atoms with Gasteiger partial charge in [-0.1, -0.05) is 41.7 Å². The number of thiazole rings is 1. The van der Waals surface area contributed by atoms with Gasteiger partial charge in [0.25, 0.3) is 5.56 Å². The monoisotopic (exact) mass is 574 g/mol. The van der Waals surface area contributed by atoms with E-state index in [1.165, 1.54) is 16.9 Å². The Kier molecular flexibility index (Phi) is 6.43. The smallest absolute Gasteiger partial charge is 0.271 e. The topological polar surface area (TPSA) is 70.6 Å². The van der Waals surface area contributed by atoms with Gasteiger partial charge in [0.1, 0.15) is 0 Å². The Morgan fingerprint density at radius 3 is 2.60 bits per heavy atom. The van der Waals surface area contributed by atoms with E-state index in [9.17, 15) is 4.79 Å². The Balaban J connectivity index is 1.45. The molecule has 1 atom stereocenters. The third-order valence-corrected chi connectivity index (χ3v) is 9.24. The molecule has 0 N–H and O–H groups in total. The van der Waals surface area contributed by atoms with Gasteiger partial charge in [-0.05, 0) is 85.4 Å². The van der Waals surface area contributed by atoms with Gasteiger partial charge in [-0.25, -0.2) is 4.99 Å². The van der Waals surface area contributed by atoms with Crippen LogP contribution in [0.25, 0.3) is 17.5 Å². The summed E-state index contributed by atoms with van der Waals surface area (Å²) in [5, 5.41) is 0. The molecular formula is C34H30N4O3S. The summed E-state index contributed by atoms with van der Waals surface area (Å²) in [4.78, 5) is 24.4. The van der Waals surface area contributed by atoms with Crippen molar-refractivity contribution in [1.82, 2.24) is 14.1 Å². The number of ether oxygens (including phenoxy) is 2. The summed E-state index contributed by atoms with van der Waals surface area (Å²) in [6.45, 7) is 4.15. The molecule has 0 fully saturated rings. The van der Waals surface area contributed by atoms with Crippen molar-refractivity contribution in [3.05, 3.63) is 132 Å². The molecule has 0 unspecified atom stereocenters. The van der Waals surface area contributed by atoms with Gasteiger partial charge in [0.2, 0.25) is 0 Å². The number of fused-ring (bicyclic) bond motifs is 3. The van der Waals surface area contributed by atoms with Gasteiger partial charge in [0, 0.05) is 23.1 Å². The summed E-state index contributed by atoms with van der Waals surface area (Å²) in [5.74, 6) is 1.29. The normalized spacial score (nSPS) is 16.0. The van der Waals surface area contributed by atoms with Crippen molar-refractivity contribution in [2.75, 3.05) is 14.2 Å². The van der Waals surface area contributed by atoms with E-state index in [4.69, 9.17) is 14.5 Å². The standard InChI is InChI=1S/C34H30N4O3S/c1-20-16-24(21(2)37(20)25-9-7-15-35-19-25)18-30-33(39)38-32(23-12-14-28(40-3)29(17-23)41-4)27-13-11-22-8-5-6-10-26(22)31(27)36-34(38)42-30/h5-10,12,14-19,32H,11,13H2,1-4H3/b30-18-/t32-/m0/s1. The Labute approximate surface area is 247 Å². The number of aryl methyl sites for hydroxylation is 2. The molecule has 0 amide bonds. The maximum absolute atomic E-state index is 14.3. The quantitative estimate of drug-likeness (QED) is 0.292. The molecule has 42 heavy (non-hydrogen) atoms. The highest BCUT2D eigenvalue weighted by molar-refractivity contribution is 7.07. The lowest BCUT2D eigenvalue weighted by Gasteiger charge is -2.31. The van der Waals surface area contributed by atoms with Crippen molar-refractivity contribution >= 4 is 23.1 Å². The molecule has 2 aliphatic rings. The van der Waals surface area contributed by atoms with Crippen LogP contribution in [0.5, 0.6) is 11.5 Å². The fraction of sp³-hybridized carbons (Fsp3) is 0.206. The summed E-state index contributed by atoms with van der Waals surface area (Å²) >= 11 is 1.44. The van der Waals surface area contributed by atoms with Gasteiger partial charge < -0.3 is 14.0 Å². The predicted octanol–water partition coefficient (Wildman–Crippen LogP) is 5.14. The minimum absolute atomic E-state index is 0.0462. The molecule has 4 heterocycles. The van der Waals surface area contributed by atoms with Gasteiger partial charge in [-0.3, -0.25) is 14.3 Å². The van der Waals surface area contributed by atoms with Crippen molar-refractivity contribution in [1.29, 1.82) is 0 Å². The summed E-state index contributed by atoms with van der Waals surface area (Å²) < 4.78 is 15.9. The second-order valence-electron chi connectivity index (χ2n) is 10.6.